The molecule has 4 fully saturated rings. The summed E-state index contributed by atoms with van der Waals surface area (Å²) in [5.74, 6) is 1.07. The van der Waals surface area contributed by atoms with E-state index in [-0.39, 0.29) is 18.0 Å². The van der Waals surface area contributed by atoms with Crippen molar-refractivity contribution in [1.29, 1.82) is 0 Å². The number of hydrogen-bond donors (Lipinski definition) is 0. The van der Waals surface area contributed by atoms with E-state index in [1.165, 1.54) is 30.9 Å². The van der Waals surface area contributed by atoms with Crippen LogP contribution in [0.4, 0.5) is 0 Å². The maximum Gasteiger partial charge on any atom is 0.336 e. The summed E-state index contributed by atoms with van der Waals surface area (Å²) in [5, 5.41) is 2.91. The molecule has 4 aliphatic rings. The molecule has 4 bridgehead atoms. The fourth-order valence-electron chi connectivity index (χ4n) is 8.06. The molecule has 4 aliphatic carbocycles. The molecule has 3 aromatic carbocycles. The minimum atomic E-state index is -0.420. The molecule has 2 atom stereocenters. The van der Waals surface area contributed by atoms with Crippen LogP contribution in [0.1, 0.15) is 49.7 Å². The van der Waals surface area contributed by atoms with Crippen molar-refractivity contribution in [3.63, 3.8) is 0 Å². The highest BCUT2D eigenvalue weighted by atomic mass is 16.5. The Kier molecular flexibility index (Phi) is 4.51. The van der Waals surface area contributed by atoms with E-state index in [4.69, 9.17) is 9.15 Å². The molecule has 4 saturated carbocycles. The Morgan fingerprint density at radius 2 is 1.66 bits per heavy atom. The summed E-state index contributed by atoms with van der Waals surface area (Å²) in [6, 6.07) is 24.1. The molecule has 2 unspecified atom stereocenters. The molecule has 35 heavy (non-hydrogen) atoms. The minimum Gasteiger partial charge on any atom is -0.460 e. The van der Waals surface area contributed by atoms with E-state index in [2.05, 4.69) is 30.3 Å². The summed E-state index contributed by atoms with van der Waals surface area (Å²) in [6.45, 7) is 0.0877. The SMILES string of the molecule is O=C(OCc1cc(=O)oc2ccc3ccccc3c12)C12CC3CC(C1)CC(c1ccccc1)(C3)C2. The lowest BCUT2D eigenvalue weighted by Crippen LogP contribution is -2.57. The molecule has 0 radical (unpaired) electrons. The number of benzene rings is 3. The van der Waals surface area contributed by atoms with Crippen molar-refractivity contribution in [1.82, 2.24) is 0 Å². The smallest absolute Gasteiger partial charge is 0.336 e. The normalized spacial score (nSPS) is 29.0. The van der Waals surface area contributed by atoms with Gasteiger partial charge in [-0.25, -0.2) is 4.79 Å². The van der Waals surface area contributed by atoms with Gasteiger partial charge in [-0.2, -0.15) is 0 Å². The molecule has 1 heterocycles. The van der Waals surface area contributed by atoms with Crippen molar-refractivity contribution >= 4 is 27.7 Å². The Labute approximate surface area is 203 Å². The fourth-order valence-corrected chi connectivity index (χ4v) is 8.06. The first-order chi connectivity index (χ1) is 17.0. The minimum absolute atomic E-state index is 0.0844. The van der Waals surface area contributed by atoms with E-state index in [0.29, 0.717) is 23.0 Å². The summed E-state index contributed by atoms with van der Waals surface area (Å²) in [7, 11) is 0. The Hall–Kier alpha value is -3.40. The van der Waals surface area contributed by atoms with Crippen molar-refractivity contribution in [2.24, 2.45) is 17.3 Å². The van der Waals surface area contributed by atoms with E-state index >= 15 is 0 Å². The first-order valence-electron chi connectivity index (χ1n) is 12.7. The lowest BCUT2D eigenvalue weighted by atomic mass is 9.43. The summed E-state index contributed by atoms with van der Waals surface area (Å²) in [5.41, 5.74) is 1.86. The van der Waals surface area contributed by atoms with Crippen LogP contribution < -0.4 is 5.63 Å². The lowest BCUT2D eigenvalue weighted by molar-refractivity contribution is -0.175. The number of carbonyl (C=O) groups excluding carboxylic acids is 1. The molecule has 0 saturated heterocycles. The third-order valence-electron chi connectivity index (χ3n) is 8.95. The third-order valence-corrected chi connectivity index (χ3v) is 8.95. The van der Waals surface area contributed by atoms with Gasteiger partial charge in [-0.1, -0.05) is 60.7 Å². The Morgan fingerprint density at radius 1 is 0.914 bits per heavy atom. The average molecular weight is 465 g/mol. The summed E-state index contributed by atoms with van der Waals surface area (Å²) in [4.78, 5) is 26.1. The summed E-state index contributed by atoms with van der Waals surface area (Å²) < 4.78 is 11.6. The Bertz CT molecular complexity index is 1500. The van der Waals surface area contributed by atoms with Gasteiger partial charge in [0.1, 0.15) is 12.2 Å². The van der Waals surface area contributed by atoms with Crippen molar-refractivity contribution in [2.75, 3.05) is 0 Å². The topological polar surface area (TPSA) is 56.5 Å². The van der Waals surface area contributed by atoms with Gasteiger partial charge in [0, 0.05) is 17.0 Å². The van der Waals surface area contributed by atoms with Crippen LogP contribution in [0.2, 0.25) is 0 Å². The lowest BCUT2D eigenvalue weighted by Gasteiger charge is -2.61. The second-order valence-electron chi connectivity index (χ2n) is 11.2. The van der Waals surface area contributed by atoms with Crippen LogP contribution in [0.5, 0.6) is 0 Å². The highest BCUT2D eigenvalue weighted by molar-refractivity contribution is 6.07. The van der Waals surface area contributed by atoms with E-state index in [1.54, 1.807) is 0 Å². The van der Waals surface area contributed by atoms with Crippen LogP contribution in [-0.2, 0) is 21.6 Å². The maximum absolute atomic E-state index is 13.8. The number of fused-ring (bicyclic) bond motifs is 3. The molecule has 0 aliphatic heterocycles. The van der Waals surface area contributed by atoms with Crippen LogP contribution >= 0.6 is 0 Å². The third kappa shape index (κ3) is 3.26. The quantitative estimate of drug-likeness (QED) is 0.196. The number of rotatable bonds is 4. The van der Waals surface area contributed by atoms with Crippen molar-refractivity contribution in [3.05, 3.63) is 94.3 Å². The number of carbonyl (C=O) groups is 1. The van der Waals surface area contributed by atoms with Crippen LogP contribution in [-0.4, -0.2) is 5.97 Å². The molecule has 176 valence electrons. The van der Waals surface area contributed by atoms with Crippen molar-refractivity contribution in [2.45, 2.75) is 50.5 Å². The van der Waals surface area contributed by atoms with E-state index in [1.807, 2.05) is 36.4 Å². The largest absolute Gasteiger partial charge is 0.460 e. The molecule has 4 nitrogen and oxygen atoms in total. The Morgan fingerprint density at radius 3 is 2.46 bits per heavy atom. The van der Waals surface area contributed by atoms with Gasteiger partial charge < -0.3 is 9.15 Å². The van der Waals surface area contributed by atoms with Gasteiger partial charge in [-0.15, -0.1) is 0 Å². The standard InChI is InChI=1S/C31H28O4/c32-27-13-23(28-25-9-5-4-6-22(25)10-11-26(28)35-27)18-34-29(33)31-16-20-12-21(17-31)15-30(14-20,19-31)24-7-2-1-3-8-24/h1-11,13,20-21H,12,14-19H2. The monoisotopic (exact) mass is 464 g/mol. The average Bonchev–Trinajstić information content (AvgIpc) is 2.86. The van der Waals surface area contributed by atoms with Crippen LogP contribution in [0.3, 0.4) is 0 Å². The van der Waals surface area contributed by atoms with Crippen LogP contribution in [0.15, 0.2) is 82.0 Å². The molecular formula is C31H28O4. The van der Waals surface area contributed by atoms with Crippen LogP contribution in [0, 0.1) is 17.3 Å². The van der Waals surface area contributed by atoms with Gasteiger partial charge >= 0.3 is 11.6 Å². The molecule has 0 N–H and O–H groups in total. The molecule has 4 aromatic rings. The molecular weight excluding hydrogens is 436 g/mol. The highest BCUT2D eigenvalue weighted by Crippen LogP contribution is 2.66. The highest BCUT2D eigenvalue weighted by Gasteiger charge is 2.61. The zero-order valence-corrected chi connectivity index (χ0v) is 19.7. The number of esters is 1. The van der Waals surface area contributed by atoms with E-state index in [0.717, 1.165) is 35.4 Å². The fraction of sp³-hybridized carbons (Fsp3) is 0.355. The maximum atomic E-state index is 13.8. The van der Waals surface area contributed by atoms with Gasteiger partial charge in [-0.05, 0) is 78.2 Å². The first kappa shape index (κ1) is 20.9. The summed E-state index contributed by atoms with van der Waals surface area (Å²) >= 11 is 0. The van der Waals surface area contributed by atoms with Crippen molar-refractivity contribution < 1.29 is 13.9 Å². The predicted molar refractivity (Wildman–Crippen MR) is 135 cm³/mol. The zero-order valence-electron chi connectivity index (χ0n) is 19.7. The number of ether oxygens (including phenoxy) is 1. The number of hydrogen-bond acceptors (Lipinski definition) is 4. The zero-order chi connectivity index (χ0) is 23.6. The van der Waals surface area contributed by atoms with Crippen molar-refractivity contribution in [3.8, 4) is 0 Å². The molecule has 4 heteroatoms. The second kappa shape index (κ2) is 7.55. The first-order valence-corrected chi connectivity index (χ1v) is 12.7. The predicted octanol–water partition coefficient (Wildman–Crippen LogP) is 6.53. The van der Waals surface area contributed by atoms with Gasteiger partial charge in [0.15, 0.2) is 0 Å². The summed E-state index contributed by atoms with van der Waals surface area (Å²) in [6.07, 6.45) is 6.32. The Balaban J connectivity index is 1.22. The molecule has 1 aromatic heterocycles. The van der Waals surface area contributed by atoms with Gasteiger partial charge in [0.2, 0.25) is 0 Å². The van der Waals surface area contributed by atoms with Gasteiger partial charge in [0.25, 0.3) is 0 Å². The molecule has 0 amide bonds. The second-order valence-corrected chi connectivity index (χ2v) is 11.2. The van der Waals surface area contributed by atoms with E-state index in [9.17, 15) is 9.59 Å². The van der Waals surface area contributed by atoms with E-state index < -0.39 is 11.0 Å². The van der Waals surface area contributed by atoms with Crippen LogP contribution in [0.25, 0.3) is 21.7 Å². The molecule has 8 rings (SSSR count). The van der Waals surface area contributed by atoms with Gasteiger partial charge in [-0.3, -0.25) is 4.79 Å². The van der Waals surface area contributed by atoms with Gasteiger partial charge in [0.05, 0.1) is 5.41 Å². The molecule has 0 spiro atoms.